The topological polar surface area (TPSA) is 71.5 Å². The number of ketones is 1. The van der Waals surface area contributed by atoms with Gasteiger partial charge < -0.3 is 10.1 Å². The first-order chi connectivity index (χ1) is 15.5. The van der Waals surface area contributed by atoms with Crippen LogP contribution in [0, 0.1) is 0 Å². The van der Waals surface area contributed by atoms with Crippen LogP contribution < -0.4 is 5.32 Å². The van der Waals surface area contributed by atoms with Gasteiger partial charge >= 0.3 is 0 Å². The Hall–Kier alpha value is -2.57. The SMILES string of the molecule is CNC(=O)c1cc(C(=O)CCCC[C@H]2CN(C(C)C)CCO2)cc(Cc2ccccc2)n1. The van der Waals surface area contributed by atoms with E-state index in [4.69, 9.17) is 4.74 Å². The molecule has 6 heteroatoms. The number of nitrogens with one attached hydrogen (secondary N) is 1. The molecule has 1 amide bonds. The standard InChI is InChI=1S/C26H35N3O3/c1-19(2)29-13-14-32-23(18-29)11-7-8-12-25(30)21-16-22(15-20-9-5-4-6-10-20)28-24(17-21)26(31)27-3/h4-6,9-10,16-17,19,23H,7-8,11-15,18H2,1-3H3,(H,27,31)/t23-/m0/s1. The highest BCUT2D eigenvalue weighted by Crippen LogP contribution is 2.17. The Labute approximate surface area is 191 Å². The predicted molar refractivity (Wildman–Crippen MR) is 126 cm³/mol. The second kappa shape index (κ2) is 11.9. The molecule has 0 bridgehead atoms. The third-order valence-corrected chi connectivity index (χ3v) is 5.97. The van der Waals surface area contributed by atoms with E-state index in [1.807, 2.05) is 36.4 Å². The average molecular weight is 438 g/mol. The number of carbonyl (C=O) groups is 2. The third-order valence-electron chi connectivity index (χ3n) is 5.97. The molecule has 0 spiro atoms. The van der Waals surface area contributed by atoms with Crippen LogP contribution in [0.1, 0.15) is 71.6 Å². The van der Waals surface area contributed by atoms with E-state index in [1.165, 1.54) is 0 Å². The van der Waals surface area contributed by atoms with E-state index < -0.39 is 0 Å². The number of Topliss-reactive ketones (excluding diaryl/α,β-unsaturated/α-hetero) is 1. The molecule has 1 aromatic carbocycles. The highest BCUT2D eigenvalue weighted by molar-refractivity contribution is 5.99. The van der Waals surface area contributed by atoms with Gasteiger partial charge in [0.2, 0.25) is 0 Å². The quantitative estimate of drug-likeness (QED) is 0.451. The molecule has 172 valence electrons. The lowest BCUT2D eigenvalue weighted by atomic mass is 10.0. The summed E-state index contributed by atoms with van der Waals surface area (Å²) in [7, 11) is 1.57. The number of pyridine rings is 1. The van der Waals surface area contributed by atoms with Crippen molar-refractivity contribution in [3.05, 3.63) is 65.0 Å². The molecule has 2 heterocycles. The van der Waals surface area contributed by atoms with Crippen LogP contribution in [-0.4, -0.2) is 60.5 Å². The summed E-state index contributed by atoms with van der Waals surface area (Å²) < 4.78 is 5.90. The summed E-state index contributed by atoms with van der Waals surface area (Å²) in [6.07, 6.45) is 4.02. The van der Waals surface area contributed by atoms with E-state index in [0.29, 0.717) is 24.4 Å². The Morgan fingerprint density at radius 2 is 1.97 bits per heavy atom. The van der Waals surface area contributed by atoms with E-state index in [-0.39, 0.29) is 23.5 Å². The van der Waals surface area contributed by atoms with Gasteiger partial charge in [-0.05, 0) is 44.4 Å². The van der Waals surface area contributed by atoms with Gasteiger partial charge in [-0.1, -0.05) is 36.8 Å². The molecule has 1 saturated heterocycles. The van der Waals surface area contributed by atoms with E-state index in [1.54, 1.807) is 13.1 Å². The number of hydrogen-bond donors (Lipinski definition) is 1. The van der Waals surface area contributed by atoms with Gasteiger partial charge in [0, 0.05) is 50.3 Å². The van der Waals surface area contributed by atoms with Gasteiger partial charge in [0.15, 0.2) is 5.78 Å². The first-order valence-corrected chi connectivity index (χ1v) is 11.6. The van der Waals surface area contributed by atoms with Crippen molar-refractivity contribution in [3.63, 3.8) is 0 Å². The summed E-state index contributed by atoms with van der Waals surface area (Å²) in [5.41, 5.74) is 2.67. The van der Waals surface area contributed by atoms with Crippen LogP contribution in [0.2, 0.25) is 0 Å². The molecule has 1 N–H and O–H groups in total. The van der Waals surface area contributed by atoms with Gasteiger partial charge in [-0.2, -0.15) is 0 Å². The molecule has 32 heavy (non-hydrogen) atoms. The average Bonchev–Trinajstić information content (AvgIpc) is 2.81. The zero-order valence-corrected chi connectivity index (χ0v) is 19.5. The summed E-state index contributed by atoms with van der Waals surface area (Å²) >= 11 is 0. The van der Waals surface area contributed by atoms with Gasteiger partial charge in [0.05, 0.1) is 12.7 Å². The van der Waals surface area contributed by atoms with Crippen LogP contribution in [0.3, 0.4) is 0 Å². The molecule has 1 fully saturated rings. The predicted octanol–water partition coefficient (Wildman–Crippen LogP) is 3.88. The molecule has 3 rings (SSSR count). The van der Waals surface area contributed by atoms with Crippen molar-refractivity contribution in [2.75, 3.05) is 26.7 Å². The van der Waals surface area contributed by atoms with Crippen molar-refractivity contribution in [2.24, 2.45) is 0 Å². The molecule has 1 atom stereocenters. The number of benzene rings is 1. The number of hydrogen-bond acceptors (Lipinski definition) is 5. The second-order valence-electron chi connectivity index (χ2n) is 8.72. The number of morpholine rings is 1. The summed E-state index contributed by atoms with van der Waals surface area (Å²) in [6, 6.07) is 13.9. The lowest BCUT2D eigenvalue weighted by molar-refractivity contribution is -0.0427. The summed E-state index contributed by atoms with van der Waals surface area (Å²) in [5, 5.41) is 2.61. The van der Waals surface area contributed by atoms with Crippen molar-refractivity contribution in [1.82, 2.24) is 15.2 Å². The first kappa shape index (κ1) is 24.1. The molecule has 1 aliphatic heterocycles. The maximum absolute atomic E-state index is 12.9. The number of carbonyl (C=O) groups excluding carboxylic acids is 2. The van der Waals surface area contributed by atoms with Crippen molar-refractivity contribution in [3.8, 4) is 0 Å². The molecule has 0 saturated carbocycles. The maximum Gasteiger partial charge on any atom is 0.269 e. The second-order valence-corrected chi connectivity index (χ2v) is 8.72. The van der Waals surface area contributed by atoms with Crippen molar-refractivity contribution in [1.29, 1.82) is 0 Å². The van der Waals surface area contributed by atoms with Crippen LogP contribution in [0.15, 0.2) is 42.5 Å². The molecule has 0 unspecified atom stereocenters. The van der Waals surface area contributed by atoms with Crippen LogP contribution >= 0.6 is 0 Å². The fraction of sp³-hybridized carbons (Fsp3) is 0.500. The number of aromatic nitrogens is 1. The smallest absolute Gasteiger partial charge is 0.269 e. The van der Waals surface area contributed by atoms with Gasteiger partial charge in [-0.3, -0.25) is 14.5 Å². The molecule has 2 aromatic rings. The van der Waals surface area contributed by atoms with Crippen molar-refractivity contribution < 1.29 is 14.3 Å². The Morgan fingerprint density at radius 3 is 2.69 bits per heavy atom. The molecule has 0 aliphatic carbocycles. The number of ether oxygens (including phenoxy) is 1. The Bertz CT molecular complexity index is 898. The van der Waals surface area contributed by atoms with Crippen LogP contribution in [0.4, 0.5) is 0 Å². The Kier molecular flexibility index (Phi) is 8.94. The van der Waals surface area contributed by atoms with Crippen LogP contribution in [0.5, 0.6) is 0 Å². The van der Waals surface area contributed by atoms with E-state index in [2.05, 4.69) is 29.0 Å². The molecule has 0 radical (unpaired) electrons. The van der Waals surface area contributed by atoms with Gasteiger partial charge in [-0.15, -0.1) is 0 Å². The van der Waals surface area contributed by atoms with Gasteiger partial charge in [0.1, 0.15) is 5.69 Å². The number of nitrogens with zero attached hydrogens (tertiary/aromatic N) is 2. The normalized spacial score (nSPS) is 16.8. The Balaban J connectivity index is 1.58. The minimum absolute atomic E-state index is 0.0558. The summed E-state index contributed by atoms with van der Waals surface area (Å²) in [5.74, 6) is -0.224. The first-order valence-electron chi connectivity index (χ1n) is 11.6. The van der Waals surface area contributed by atoms with Gasteiger partial charge in [-0.25, -0.2) is 4.98 Å². The number of amides is 1. The molecule has 6 nitrogen and oxygen atoms in total. The largest absolute Gasteiger partial charge is 0.376 e. The molecule has 1 aromatic heterocycles. The van der Waals surface area contributed by atoms with Crippen LogP contribution in [0.25, 0.3) is 0 Å². The highest BCUT2D eigenvalue weighted by atomic mass is 16.5. The number of unbranched alkanes of at least 4 members (excludes halogenated alkanes) is 1. The fourth-order valence-corrected chi connectivity index (χ4v) is 4.08. The minimum atomic E-state index is -0.280. The zero-order valence-electron chi connectivity index (χ0n) is 19.5. The monoisotopic (exact) mass is 437 g/mol. The van der Waals surface area contributed by atoms with Crippen LogP contribution in [-0.2, 0) is 11.2 Å². The fourth-order valence-electron chi connectivity index (χ4n) is 4.08. The molecular weight excluding hydrogens is 402 g/mol. The summed E-state index contributed by atoms with van der Waals surface area (Å²) in [6.45, 7) is 7.18. The lowest BCUT2D eigenvalue weighted by Crippen LogP contribution is -2.45. The Morgan fingerprint density at radius 1 is 1.19 bits per heavy atom. The highest BCUT2D eigenvalue weighted by Gasteiger charge is 2.22. The molecular formula is C26H35N3O3. The maximum atomic E-state index is 12.9. The van der Waals surface area contributed by atoms with Gasteiger partial charge in [0.25, 0.3) is 5.91 Å². The van der Waals surface area contributed by atoms with E-state index >= 15 is 0 Å². The zero-order chi connectivity index (χ0) is 22.9. The minimum Gasteiger partial charge on any atom is -0.376 e. The van der Waals surface area contributed by atoms with E-state index in [9.17, 15) is 9.59 Å². The lowest BCUT2D eigenvalue weighted by Gasteiger charge is -2.35. The summed E-state index contributed by atoms with van der Waals surface area (Å²) in [4.78, 5) is 32.0. The number of rotatable bonds is 10. The third kappa shape index (κ3) is 6.97. The van der Waals surface area contributed by atoms with Crippen molar-refractivity contribution >= 4 is 11.7 Å². The molecule has 1 aliphatic rings. The van der Waals surface area contributed by atoms with E-state index in [0.717, 1.165) is 50.2 Å². The van der Waals surface area contributed by atoms with Crippen molar-refractivity contribution in [2.45, 2.75) is 58.1 Å².